The number of H-pyrrole nitrogens is 1. The number of hydrogen-bond acceptors (Lipinski definition) is 6. The molecule has 0 aromatic carbocycles. The van der Waals surface area contributed by atoms with Gasteiger partial charge in [-0.15, -0.1) is 11.3 Å². The maximum atomic E-state index is 12.1. The highest BCUT2D eigenvalue weighted by molar-refractivity contribution is 7.71. The molecule has 0 aliphatic heterocycles. The van der Waals surface area contributed by atoms with Gasteiger partial charge in [0.2, 0.25) is 5.91 Å². The topological polar surface area (TPSA) is 89.0 Å². The second-order valence-electron chi connectivity index (χ2n) is 5.15. The SMILES string of the molecule is COC(=O)CCCCCNC(=O)Cn1c(-c2cccs2)n[nH]c1=S. The third kappa shape index (κ3) is 5.27. The summed E-state index contributed by atoms with van der Waals surface area (Å²) in [7, 11) is 1.38. The van der Waals surface area contributed by atoms with Crippen molar-refractivity contribution >= 4 is 35.4 Å². The first kappa shape index (κ1) is 18.3. The molecule has 0 aliphatic rings. The molecular weight excluding hydrogens is 348 g/mol. The van der Waals surface area contributed by atoms with Crippen molar-refractivity contribution in [3.63, 3.8) is 0 Å². The van der Waals surface area contributed by atoms with Gasteiger partial charge in [0.05, 0.1) is 12.0 Å². The Morgan fingerprint density at radius 1 is 1.42 bits per heavy atom. The van der Waals surface area contributed by atoms with Crippen LogP contribution in [0.4, 0.5) is 0 Å². The van der Waals surface area contributed by atoms with Gasteiger partial charge in [-0.1, -0.05) is 12.5 Å². The molecule has 1 amide bonds. The largest absolute Gasteiger partial charge is 0.469 e. The van der Waals surface area contributed by atoms with Crippen molar-refractivity contribution < 1.29 is 14.3 Å². The second kappa shape index (κ2) is 9.33. The van der Waals surface area contributed by atoms with Gasteiger partial charge in [-0.05, 0) is 36.5 Å². The number of unbranched alkanes of at least 4 members (excludes halogenated alkanes) is 2. The fourth-order valence-corrected chi connectivity index (χ4v) is 3.08. The van der Waals surface area contributed by atoms with Gasteiger partial charge in [0.1, 0.15) is 6.54 Å². The number of thiophene rings is 1. The smallest absolute Gasteiger partial charge is 0.305 e. The number of carbonyl (C=O) groups excluding carboxylic acids is 2. The number of amides is 1. The second-order valence-corrected chi connectivity index (χ2v) is 6.49. The molecule has 2 heterocycles. The lowest BCUT2D eigenvalue weighted by Gasteiger charge is -2.07. The molecule has 7 nitrogen and oxygen atoms in total. The van der Waals surface area contributed by atoms with Gasteiger partial charge >= 0.3 is 5.97 Å². The molecule has 0 aliphatic carbocycles. The summed E-state index contributed by atoms with van der Waals surface area (Å²) in [6.45, 7) is 0.699. The number of methoxy groups -OCH3 is 1. The third-order valence-corrected chi connectivity index (χ3v) is 4.59. The van der Waals surface area contributed by atoms with E-state index < -0.39 is 0 Å². The Morgan fingerprint density at radius 2 is 2.25 bits per heavy atom. The molecule has 0 saturated heterocycles. The summed E-state index contributed by atoms with van der Waals surface area (Å²) >= 11 is 6.74. The lowest BCUT2D eigenvalue weighted by molar-refractivity contribution is -0.140. The van der Waals surface area contributed by atoms with Crippen LogP contribution in [0.3, 0.4) is 0 Å². The van der Waals surface area contributed by atoms with E-state index in [0.29, 0.717) is 23.6 Å². The Labute approximate surface area is 149 Å². The maximum Gasteiger partial charge on any atom is 0.305 e. The normalized spacial score (nSPS) is 10.5. The number of nitrogens with zero attached hydrogens (tertiary/aromatic N) is 2. The molecule has 130 valence electrons. The number of aromatic amines is 1. The zero-order valence-electron chi connectivity index (χ0n) is 13.4. The van der Waals surface area contributed by atoms with Crippen molar-refractivity contribution in [2.24, 2.45) is 0 Å². The van der Waals surface area contributed by atoms with Gasteiger partial charge in [0.25, 0.3) is 0 Å². The van der Waals surface area contributed by atoms with Gasteiger partial charge < -0.3 is 10.1 Å². The lowest BCUT2D eigenvalue weighted by Crippen LogP contribution is -2.28. The number of hydrogen-bond donors (Lipinski definition) is 2. The van der Waals surface area contributed by atoms with E-state index in [4.69, 9.17) is 12.2 Å². The Hall–Kier alpha value is -2.00. The number of rotatable bonds is 9. The van der Waals surface area contributed by atoms with Gasteiger partial charge in [0, 0.05) is 13.0 Å². The number of aromatic nitrogens is 3. The maximum absolute atomic E-state index is 12.1. The van der Waals surface area contributed by atoms with Gasteiger partial charge in [0.15, 0.2) is 10.6 Å². The van der Waals surface area contributed by atoms with Crippen molar-refractivity contribution in [3.05, 3.63) is 22.3 Å². The zero-order valence-corrected chi connectivity index (χ0v) is 15.0. The van der Waals surface area contributed by atoms with E-state index in [1.54, 1.807) is 15.9 Å². The zero-order chi connectivity index (χ0) is 17.4. The molecule has 2 aromatic rings. The number of ether oxygens (including phenoxy) is 1. The lowest BCUT2D eigenvalue weighted by atomic mass is 10.2. The molecule has 2 rings (SSSR count). The monoisotopic (exact) mass is 368 g/mol. The molecule has 24 heavy (non-hydrogen) atoms. The van der Waals surface area contributed by atoms with Crippen LogP contribution in [0.2, 0.25) is 0 Å². The third-order valence-electron chi connectivity index (χ3n) is 3.41. The highest BCUT2D eigenvalue weighted by atomic mass is 32.1. The van der Waals surface area contributed by atoms with Crippen molar-refractivity contribution in [1.29, 1.82) is 0 Å². The Bertz CT molecular complexity index is 721. The minimum atomic E-state index is -0.200. The predicted octanol–water partition coefficient (Wildman–Crippen LogP) is 2.52. The van der Waals surface area contributed by atoms with Crippen LogP contribution in [-0.2, 0) is 20.9 Å². The number of esters is 1. The molecular formula is C15H20N4O3S2. The van der Waals surface area contributed by atoms with E-state index in [0.717, 1.165) is 24.1 Å². The Kier molecular flexibility index (Phi) is 7.13. The molecule has 0 fully saturated rings. The van der Waals surface area contributed by atoms with Crippen LogP contribution < -0.4 is 5.32 Å². The Morgan fingerprint density at radius 3 is 2.96 bits per heavy atom. The van der Waals surface area contributed by atoms with Crippen LogP contribution in [0.15, 0.2) is 17.5 Å². The van der Waals surface area contributed by atoms with Crippen LogP contribution >= 0.6 is 23.6 Å². The highest BCUT2D eigenvalue weighted by Gasteiger charge is 2.12. The van der Waals surface area contributed by atoms with Crippen LogP contribution in [0.1, 0.15) is 25.7 Å². The molecule has 0 atom stereocenters. The molecule has 9 heteroatoms. The van der Waals surface area contributed by atoms with Gasteiger partial charge in [-0.25, -0.2) is 0 Å². The van der Waals surface area contributed by atoms with Crippen molar-refractivity contribution in [1.82, 2.24) is 20.1 Å². The van der Waals surface area contributed by atoms with E-state index in [-0.39, 0.29) is 18.4 Å². The quantitative estimate of drug-likeness (QED) is 0.403. The summed E-state index contributed by atoms with van der Waals surface area (Å²) in [4.78, 5) is 24.0. The first-order valence-corrected chi connectivity index (χ1v) is 8.93. The van der Waals surface area contributed by atoms with E-state index in [1.165, 1.54) is 7.11 Å². The average Bonchev–Trinajstić information content (AvgIpc) is 3.21. The molecule has 0 bridgehead atoms. The van der Waals surface area contributed by atoms with Crippen molar-refractivity contribution in [3.8, 4) is 10.7 Å². The summed E-state index contributed by atoms with van der Waals surface area (Å²) in [6.07, 6.45) is 2.86. The number of carbonyl (C=O) groups is 2. The number of nitrogens with one attached hydrogen (secondary N) is 2. The van der Waals surface area contributed by atoms with Crippen LogP contribution in [0, 0.1) is 4.77 Å². The van der Waals surface area contributed by atoms with Crippen LogP contribution in [0.25, 0.3) is 10.7 Å². The van der Waals surface area contributed by atoms with E-state index in [2.05, 4.69) is 20.3 Å². The summed E-state index contributed by atoms with van der Waals surface area (Å²) < 4.78 is 6.69. The standard InChI is InChI=1S/C15H20N4O3S2/c1-22-13(21)7-3-2-4-8-16-12(20)10-19-14(17-18-15(19)23)11-6-5-9-24-11/h5-6,9H,2-4,7-8,10H2,1H3,(H,16,20)(H,18,23). The Balaban J connectivity index is 1.76. The first-order chi connectivity index (χ1) is 11.6. The fourth-order valence-electron chi connectivity index (χ4n) is 2.16. The van der Waals surface area contributed by atoms with Crippen molar-refractivity contribution in [2.75, 3.05) is 13.7 Å². The molecule has 0 spiro atoms. The summed E-state index contributed by atoms with van der Waals surface area (Å²) in [5.41, 5.74) is 0. The molecule has 0 radical (unpaired) electrons. The van der Waals surface area contributed by atoms with Crippen LogP contribution in [0.5, 0.6) is 0 Å². The predicted molar refractivity (Wildman–Crippen MR) is 94.2 cm³/mol. The summed E-state index contributed by atoms with van der Waals surface area (Å²) in [6, 6.07) is 3.86. The van der Waals surface area contributed by atoms with E-state index >= 15 is 0 Å². The minimum Gasteiger partial charge on any atom is -0.469 e. The van der Waals surface area contributed by atoms with E-state index in [9.17, 15) is 9.59 Å². The summed E-state index contributed by atoms with van der Waals surface area (Å²) in [5, 5.41) is 11.7. The van der Waals surface area contributed by atoms with Gasteiger partial charge in [-0.2, -0.15) is 5.10 Å². The minimum absolute atomic E-state index is 0.113. The fraction of sp³-hybridized carbons (Fsp3) is 0.467. The van der Waals surface area contributed by atoms with Gasteiger partial charge in [-0.3, -0.25) is 19.3 Å². The van der Waals surface area contributed by atoms with Crippen molar-refractivity contribution in [2.45, 2.75) is 32.2 Å². The molecule has 0 saturated carbocycles. The molecule has 0 unspecified atom stereocenters. The molecule has 2 N–H and O–H groups in total. The van der Waals surface area contributed by atoms with E-state index in [1.807, 2.05) is 17.5 Å². The molecule has 2 aromatic heterocycles. The average molecular weight is 368 g/mol. The van der Waals surface area contributed by atoms with Crippen LogP contribution in [-0.4, -0.2) is 40.3 Å². The summed E-state index contributed by atoms with van der Waals surface area (Å²) in [5.74, 6) is 0.357. The highest BCUT2D eigenvalue weighted by Crippen LogP contribution is 2.22. The first-order valence-electron chi connectivity index (χ1n) is 7.64.